The lowest BCUT2D eigenvalue weighted by molar-refractivity contribution is 0.195. The zero-order valence-corrected chi connectivity index (χ0v) is 17.7. The van der Waals surface area contributed by atoms with E-state index >= 15 is 0 Å². The lowest BCUT2D eigenvalue weighted by Crippen LogP contribution is -2.45. The Kier molecular flexibility index (Phi) is 5.89. The number of carboxylic acid groups (broad SMARTS) is 1. The summed E-state index contributed by atoms with van der Waals surface area (Å²) in [5.74, 6) is 1.00. The van der Waals surface area contributed by atoms with Crippen molar-refractivity contribution in [1.82, 2.24) is 0 Å². The number of rotatable bonds is 5. The highest BCUT2D eigenvalue weighted by Gasteiger charge is 2.31. The molecule has 1 amide bonds. The van der Waals surface area contributed by atoms with Crippen LogP contribution >= 0.6 is 11.6 Å². The molecule has 0 aliphatic rings. The normalized spacial score (nSPS) is 11.3. The van der Waals surface area contributed by atoms with Crippen molar-refractivity contribution in [3.63, 3.8) is 0 Å². The third-order valence-corrected chi connectivity index (χ3v) is 4.95. The van der Waals surface area contributed by atoms with Crippen LogP contribution in [-0.4, -0.2) is 23.8 Å². The Morgan fingerprint density at radius 1 is 1.07 bits per heavy atom. The van der Waals surface area contributed by atoms with Crippen LogP contribution in [0.2, 0.25) is 5.02 Å². The van der Waals surface area contributed by atoms with Crippen LogP contribution in [0, 0.1) is 0 Å². The minimum Gasteiger partial charge on any atom is -0.495 e. The van der Waals surface area contributed by atoms with Crippen LogP contribution in [0.15, 0.2) is 54.6 Å². The SMILES string of the molecule is COc1ccc2cc(OCc3ccccc3)c(N(C(=O)O)C(C)(C)C)cc2c1Cl. The van der Waals surface area contributed by atoms with Crippen molar-refractivity contribution in [2.45, 2.75) is 32.9 Å². The molecular weight excluding hydrogens is 390 g/mol. The summed E-state index contributed by atoms with van der Waals surface area (Å²) in [6.07, 6.45) is -1.07. The minimum atomic E-state index is -1.07. The number of carbonyl (C=O) groups is 1. The molecule has 0 unspecified atom stereocenters. The number of anilines is 1. The van der Waals surface area contributed by atoms with E-state index in [4.69, 9.17) is 21.1 Å². The van der Waals surface area contributed by atoms with Gasteiger partial charge in [-0.05, 0) is 49.9 Å². The molecule has 1 N–H and O–H groups in total. The molecule has 0 aliphatic carbocycles. The largest absolute Gasteiger partial charge is 0.495 e. The molecule has 0 aromatic heterocycles. The number of ether oxygens (including phenoxy) is 2. The maximum absolute atomic E-state index is 12.1. The van der Waals surface area contributed by atoms with Crippen molar-refractivity contribution < 1.29 is 19.4 Å². The summed E-state index contributed by atoms with van der Waals surface area (Å²) in [5, 5.41) is 11.9. The smallest absolute Gasteiger partial charge is 0.412 e. The average molecular weight is 414 g/mol. The molecule has 3 aromatic rings. The number of halogens is 1. The quantitative estimate of drug-likeness (QED) is 0.528. The number of fused-ring (bicyclic) bond motifs is 1. The molecule has 152 valence electrons. The van der Waals surface area contributed by atoms with Crippen LogP contribution in [-0.2, 0) is 6.61 Å². The van der Waals surface area contributed by atoms with Gasteiger partial charge in [0.05, 0.1) is 17.8 Å². The topological polar surface area (TPSA) is 59.0 Å². The second kappa shape index (κ2) is 8.21. The van der Waals surface area contributed by atoms with E-state index < -0.39 is 11.6 Å². The van der Waals surface area contributed by atoms with Gasteiger partial charge in [-0.15, -0.1) is 0 Å². The lowest BCUT2D eigenvalue weighted by Gasteiger charge is -2.34. The molecule has 5 nitrogen and oxygen atoms in total. The van der Waals surface area contributed by atoms with E-state index in [9.17, 15) is 9.90 Å². The first kappa shape index (κ1) is 20.8. The Hall–Kier alpha value is -2.92. The molecule has 0 aliphatic heterocycles. The van der Waals surface area contributed by atoms with E-state index in [1.165, 1.54) is 4.90 Å². The van der Waals surface area contributed by atoms with Crippen LogP contribution < -0.4 is 14.4 Å². The van der Waals surface area contributed by atoms with E-state index in [2.05, 4.69) is 0 Å². The van der Waals surface area contributed by atoms with Gasteiger partial charge in [-0.2, -0.15) is 0 Å². The van der Waals surface area contributed by atoms with Crippen LogP contribution in [0.5, 0.6) is 11.5 Å². The Morgan fingerprint density at radius 2 is 1.76 bits per heavy atom. The van der Waals surface area contributed by atoms with E-state index in [1.54, 1.807) is 19.2 Å². The van der Waals surface area contributed by atoms with Crippen LogP contribution in [0.3, 0.4) is 0 Å². The van der Waals surface area contributed by atoms with Crippen molar-refractivity contribution in [3.8, 4) is 11.5 Å². The fourth-order valence-electron chi connectivity index (χ4n) is 3.22. The van der Waals surface area contributed by atoms with Gasteiger partial charge in [0, 0.05) is 10.9 Å². The standard InChI is InChI=1S/C23H24ClNO4/c1-23(2,3)25(22(26)27)18-13-17-16(10-11-19(28-4)21(17)24)12-20(18)29-14-15-8-6-5-7-9-15/h5-13H,14H2,1-4H3,(H,26,27). The molecule has 0 saturated carbocycles. The monoisotopic (exact) mass is 413 g/mol. The van der Waals surface area contributed by atoms with E-state index in [1.807, 2.05) is 63.2 Å². The molecule has 0 spiro atoms. The summed E-state index contributed by atoms with van der Waals surface area (Å²) >= 11 is 6.51. The van der Waals surface area contributed by atoms with Gasteiger partial charge in [0.25, 0.3) is 0 Å². The zero-order valence-electron chi connectivity index (χ0n) is 16.9. The third-order valence-electron chi connectivity index (χ3n) is 4.56. The van der Waals surface area contributed by atoms with Gasteiger partial charge in [-0.25, -0.2) is 4.79 Å². The molecule has 0 radical (unpaired) electrons. The molecule has 0 heterocycles. The van der Waals surface area contributed by atoms with Gasteiger partial charge in [0.1, 0.15) is 18.1 Å². The maximum Gasteiger partial charge on any atom is 0.412 e. The summed E-state index contributed by atoms with van der Waals surface area (Å²) < 4.78 is 11.4. The van der Waals surface area contributed by atoms with Crippen molar-refractivity contribution in [1.29, 1.82) is 0 Å². The molecule has 3 rings (SSSR count). The second-order valence-corrected chi connectivity index (χ2v) is 8.06. The zero-order chi connectivity index (χ0) is 21.2. The highest BCUT2D eigenvalue weighted by atomic mass is 35.5. The Bertz CT molecular complexity index is 1030. The van der Waals surface area contributed by atoms with Crippen LogP contribution in [0.25, 0.3) is 10.8 Å². The fraction of sp³-hybridized carbons (Fsp3) is 0.261. The highest BCUT2D eigenvalue weighted by molar-refractivity contribution is 6.37. The van der Waals surface area contributed by atoms with Gasteiger partial charge >= 0.3 is 6.09 Å². The van der Waals surface area contributed by atoms with Gasteiger partial charge in [0.15, 0.2) is 0 Å². The second-order valence-electron chi connectivity index (χ2n) is 7.69. The van der Waals surface area contributed by atoms with Gasteiger partial charge in [0.2, 0.25) is 0 Å². The van der Waals surface area contributed by atoms with Crippen molar-refractivity contribution in [3.05, 3.63) is 65.2 Å². The van der Waals surface area contributed by atoms with Gasteiger partial charge < -0.3 is 14.6 Å². The summed E-state index contributed by atoms with van der Waals surface area (Å²) in [6, 6.07) is 17.0. The predicted molar refractivity (Wildman–Crippen MR) is 117 cm³/mol. The molecule has 29 heavy (non-hydrogen) atoms. The molecule has 6 heteroatoms. The summed E-state index contributed by atoms with van der Waals surface area (Å²) in [6.45, 7) is 5.82. The number of nitrogens with zero attached hydrogens (tertiary/aromatic N) is 1. The fourth-order valence-corrected chi connectivity index (χ4v) is 3.52. The van der Waals surface area contributed by atoms with E-state index in [-0.39, 0.29) is 0 Å². The van der Waals surface area contributed by atoms with E-state index in [0.717, 1.165) is 10.9 Å². The van der Waals surface area contributed by atoms with Crippen molar-refractivity contribution >= 4 is 34.2 Å². The predicted octanol–water partition coefficient (Wildman–Crippen LogP) is 6.36. The van der Waals surface area contributed by atoms with Crippen LogP contribution in [0.4, 0.5) is 10.5 Å². The average Bonchev–Trinajstić information content (AvgIpc) is 2.66. The summed E-state index contributed by atoms with van der Waals surface area (Å²) in [7, 11) is 1.55. The molecular formula is C23H24ClNO4. The number of hydrogen-bond donors (Lipinski definition) is 1. The molecule has 0 bridgehead atoms. The first-order valence-corrected chi connectivity index (χ1v) is 9.60. The Balaban J connectivity index is 2.17. The summed E-state index contributed by atoms with van der Waals surface area (Å²) in [5.41, 5.74) is 0.739. The minimum absolute atomic E-state index is 0.320. The van der Waals surface area contributed by atoms with Crippen molar-refractivity contribution in [2.24, 2.45) is 0 Å². The third kappa shape index (κ3) is 4.40. The van der Waals surface area contributed by atoms with Gasteiger partial charge in [-0.1, -0.05) is 48.0 Å². The number of hydrogen-bond acceptors (Lipinski definition) is 3. The highest BCUT2D eigenvalue weighted by Crippen LogP contribution is 2.41. The number of methoxy groups -OCH3 is 1. The molecule has 0 saturated heterocycles. The first-order valence-electron chi connectivity index (χ1n) is 9.22. The van der Waals surface area contributed by atoms with Gasteiger partial charge in [-0.3, -0.25) is 4.90 Å². The number of benzene rings is 3. The Morgan fingerprint density at radius 3 is 2.34 bits per heavy atom. The molecule has 3 aromatic carbocycles. The van der Waals surface area contributed by atoms with E-state index in [0.29, 0.717) is 34.2 Å². The lowest BCUT2D eigenvalue weighted by atomic mass is 10.0. The molecule has 0 atom stereocenters. The molecule has 0 fully saturated rings. The Labute approximate surface area is 175 Å². The first-order chi connectivity index (χ1) is 13.7. The maximum atomic E-state index is 12.1. The van der Waals surface area contributed by atoms with Crippen molar-refractivity contribution in [2.75, 3.05) is 12.0 Å². The van der Waals surface area contributed by atoms with Crippen LogP contribution in [0.1, 0.15) is 26.3 Å². The number of amides is 1. The summed E-state index contributed by atoms with van der Waals surface area (Å²) in [4.78, 5) is 13.4.